The summed E-state index contributed by atoms with van der Waals surface area (Å²) in [7, 11) is 1.81. The molecule has 6 nitrogen and oxygen atoms in total. The molecule has 1 fully saturated rings. The highest BCUT2D eigenvalue weighted by Crippen LogP contribution is 2.21. The molecule has 30 heavy (non-hydrogen) atoms. The second kappa shape index (κ2) is 10.5. The maximum atomic E-state index is 13.0. The van der Waals surface area contributed by atoms with E-state index in [2.05, 4.69) is 11.9 Å². The number of rotatable bonds is 7. The number of carbonyl (C=O) groups is 2. The Kier molecular flexibility index (Phi) is 7.49. The van der Waals surface area contributed by atoms with Crippen LogP contribution in [0.1, 0.15) is 18.4 Å². The Balaban J connectivity index is 1.53. The maximum absolute atomic E-state index is 13.0. The van der Waals surface area contributed by atoms with E-state index in [1.54, 1.807) is 15.9 Å². The first-order valence-electron chi connectivity index (χ1n) is 10.3. The first-order valence-corrected chi connectivity index (χ1v) is 10.3. The molecule has 0 radical (unpaired) electrons. The number of piperidine rings is 1. The summed E-state index contributed by atoms with van der Waals surface area (Å²) in [4.78, 5) is 29.0. The Morgan fingerprint density at radius 1 is 1.20 bits per heavy atom. The summed E-state index contributed by atoms with van der Waals surface area (Å²) in [5.74, 6) is 0.666. The molecule has 158 valence electrons. The van der Waals surface area contributed by atoms with Crippen molar-refractivity contribution >= 4 is 17.6 Å². The van der Waals surface area contributed by atoms with Gasteiger partial charge < -0.3 is 19.9 Å². The van der Waals surface area contributed by atoms with Gasteiger partial charge in [-0.15, -0.1) is 0 Å². The summed E-state index contributed by atoms with van der Waals surface area (Å²) in [6.45, 7) is 5.73. The zero-order valence-electron chi connectivity index (χ0n) is 17.4. The van der Waals surface area contributed by atoms with Gasteiger partial charge in [0, 0.05) is 32.4 Å². The molecule has 1 saturated heterocycles. The zero-order valence-corrected chi connectivity index (χ0v) is 17.4. The van der Waals surface area contributed by atoms with Gasteiger partial charge >= 0.3 is 6.03 Å². The topological polar surface area (TPSA) is 61.9 Å². The number of nitrogens with one attached hydrogen (secondary N) is 1. The first kappa shape index (κ1) is 21.4. The molecule has 1 aliphatic rings. The second-order valence-electron chi connectivity index (χ2n) is 7.52. The SMILES string of the molecule is C=CCOc1ccc(CN(C)C(=O)[C@H]2CCCN(C(=O)Nc3ccccc3)C2)cc1. The van der Waals surface area contributed by atoms with Crippen molar-refractivity contribution in [3.63, 3.8) is 0 Å². The van der Waals surface area contributed by atoms with Crippen LogP contribution in [0.4, 0.5) is 10.5 Å². The molecule has 2 aromatic rings. The number of anilines is 1. The normalized spacial score (nSPS) is 15.9. The molecule has 1 heterocycles. The van der Waals surface area contributed by atoms with Gasteiger partial charge in [0.1, 0.15) is 12.4 Å². The highest BCUT2D eigenvalue weighted by Gasteiger charge is 2.30. The molecule has 1 N–H and O–H groups in total. The molecular weight excluding hydrogens is 378 g/mol. The zero-order chi connectivity index (χ0) is 21.3. The van der Waals surface area contributed by atoms with Crippen molar-refractivity contribution in [3.05, 3.63) is 72.8 Å². The van der Waals surface area contributed by atoms with E-state index in [0.29, 0.717) is 26.2 Å². The lowest BCUT2D eigenvalue weighted by atomic mass is 9.96. The lowest BCUT2D eigenvalue weighted by Gasteiger charge is -2.34. The van der Waals surface area contributed by atoms with Gasteiger partial charge in [0.05, 0.1) is 5.92 Å². The summed E-state index contributed by atoms with van der Waals surface area (Å²) in [6, 6.07) is 16.9. The largest absolute Gasteiger partial charge is 0.490 e. The fourth-order valence-electron chi connectivity index (χ4n) is 3.60. The van der Waals surface area contributed by atoms with Crippen LogP contribution in [-0.4, -0.2) is 48.5 Å². The minimum absolute atomic E-state index is 0.0687. The molecule has 3 rings (SSSR count). The van der Waals surface area contributed by atoms with Crippen LogP contribution < -0.4 is 10.1 Å². The summed E-state index contributed by atoms with van der Waals surface area (Å²) in [6.07, 6.45) is 3.32. The molecule has 1 aliphatic heterocycles. The van der Waals surface area contributed by atoms with Gasteiger partial charge in [0.15, 0.2) is 0 Å². The van der Waals surface area contributed by atoms with Crippen LogP contribution in [0.5, 0.6) is 5.75 Å². The third kappa shape index (κ3) is 5.86. The fraction of sp³-hybridized carbons (Fsp3) is 0.333. The highest BCUT2D eigenvalue weighted by molar-refractivity contribution is 5.90. The number of hydrogen-bond donors (Lipinski definition) is 1. The maximum Gasteiger partial charge on any atom is 0.321 e. The van der Waals surface area contributed by atoms with Crippen molar-refractivity contribution in [2.24, 2.45) is 5.92 Å². The number of para-hydroxylation sites is 1. The van der Waals surface area contributed by atoms with E-state index in [1.807, 2.05) is 61.6 Å². The number of benzene rings is 2. The number of likely N-dealkylation sites (tertiary alicyclic amines) is 1. The Morgan fingerprint density at radius 2 is 1.93 bits per heavy atom. The number of carbonyl (C=O) groups excluding carboxylic acids is 2. The van der Waals surface area contributed by atoms with Crippen LogP contribution in [0.3, 0.4) is 0 Å². The number of hydrogen-bond acceptors (Lipinski definition) is 3. The summed E-state index contributed by atoms with van der Waals surface area (Å²) in [5, 5.41) is 2.90. The van der Waals surface area contributed by atoms with Crippen molar-refractivity contribution in [1.82, 2.24) is 9.80 Å². The molecule has 0 aliphatic carbocycles. The Labute approximate surface area is 178 Å². The minimum atomic E-state index is -0.180. The van der Waals surface area contributed by atoms with E-state index < -0.39 is 0 Å². The van der Waals surface area contributed by atoms with E-state index in [4.69, 9.17) is 4.74 Å². The molecule has 3 amide bonds. The van der Waals surface area contributed by atoms with Gasteiger partial charge in [-0.05, 0) is 42.7 Å². The molecule has 0 spiro atoms. The van der Waals surface area contributed by atoms with E-state index in [0.717, 1.165) is 29.8 Å². The van der Waals surface area contributed by atoms with Crippen molar-refractivity contribution in [2.75, 3.05) is 32.1 Å². The average molecular weight is 408 g/mol. The van der Waals surface area contributed by atoms with Crippen molar-refractivity contribution in [1.29, 1.82) is 0 Å². The molecule has 0 saturated carbocycles. The molecule has 0 aromatic heterocycles. The fourth-order valence-corrected chi connectivity index (χ4v) is 3.60. The van der Waals surface area contributed by atoms with Crippen molar-refractivity contribution in [2.45, 2.75) is 19.4 Å². The third-order valence-electron chi connectivity index (χ3n) is 5.17. The summed E-state index contributed by atoms with van der Waals surface area (Å²) < 4.78 is 5.49. The quantitative estimate of drug-likeness (QED) is 0.701. The predicted octanol–water partition coefficient (Wildman–Crippen LogP) is 4.15. The van der Waals surface area contributed by atoms with Gasteiger partial charge in [-0.3, -0.25) is 4.79 Å². The Bertz CT molecular complexity index is 852. The number of nitrogens with zero attached hydrogens (tertiary/aromatic N) is 2. The Morgan fingerprint density at radius 3 is 2.63 bits per heavy atom. The smallest absolute Gasteiger partial charge is 0.321 e. The van der Waals surface area contributed by atoms with E-state index in [9.17, 15) is 9.59 Å². The van der Waals surface area contributed by atoms with E-state index in [1.165, 1.54) is 0 Å². The molecular formula is C24H29N3O3. The number of amides is 3. The summed E-state index contributed by atoms with van der Waals surface area (Å²) in [5.41, 5.74) is 1.79. The standard InChI is InChI=1S/C24H29N3O3/c1-3-16-30-22-13-11-19(12-14-22)17-26(2)23(28)20-8-7-15-27(18-20)24(29)25-21-9-5-4-6-10-21/h3-6,9-14,20H,1,7-8,15-18H2,2H3,(H,25,29)/t20-/m0/s1. The van der Waals surface area contributed by atoms with Gasteiger partial charge in [-0.25, -0.2) is 4.79 Å². The average Bonchev–Trinajstić information content (AvgIpc) is 2.79. The monoisotopic (exact) mass is 407 g/mol. The van der Waals surface area contributed by atoms with Crippen molar-refractivity contribution in [3.8, 4) is 5.75 Å². The van der Waals surface area contributed by atoms with Gasteiger partial charge in [-0.2, -0.15) is 0 Å². The molecule has 1 atom stereocenters. The lowest BCUT2D eigenvalue weighted by molar-refractivity contribution is -0.136. The van der Waals surface area contributed by atoms with Gasteiger partial charge in [-0.1, -0.05) is 43.0 Å². The molecule has 2 aromatic carbocycles. The van der Waals surface area contributed by atoms with Gasteiger partial charge in [0.2, 0.25) is 5.91 Å². The second-order valence-corrected chi connectivity index (χ2v) is 7.52. The first-order chi connectivity index (χ1) is 14.6. The highest BCUT2D eigenvalue weighted by atomic mass is 16.5. The van der Waals surface area contributed by atoms with E-state index in [-0.39, 0.29) is 17.9 Å². The van der Waals surface area contributed by atoms with Crippen molar-refractivity contribution < 1.29 is 14.3 Å². The minimum Gasteiger partial charge on any atom is -0.490 e. The molecule has 6 heteroatoms. The predicted molar refractivity (Wildman–Crippen MR) is 118 cm³/mol. The van der Waals surface area contributed by atoms with Crippen LogP contribution >= 0.6 is 0 Å². The number of ether oxygens (including phenoxy) is 1. The van der Waals surface area contributed by atoms with Crippen LogP contribution in [0, 0.1) is 5.92 Å². The van der Waals surface area contributed by atoms with E-state index >= 15 is 0 Å². The lowest BCUT2D eigenvalue weighted by Crippen LogP contribution is -2.47. The summed E-state index contributed by atoms with van der Waals surface area (Å²) >= 11 is 0. The number of urea groups is 1. The van der Waals surface area contributed by atoms with Gasteiger partial charge in [0.25, 0.3) is 0 Å². The van der Waals surface area contributed by atoms with Crippen LogP contribution in [0.25, 0.3) is 0 Å². The third-order valence-corrected chi connectivity index (χ3v) is 5.17. The Hall–Kier alpha value is -3.28. The molecule has 0 bridgehead atoms. The van der Waals surface area contributed by atoms with Crippen LogP contribution in [0.15, 0.2) is 67.3 Å². The molecule has 0 unspecified atom stereocenters. The van der Waals surface area contributed by atoms with Crippen LogP contribution in [0.2, 0.25) is 0 Å². The van der Waals surface area contributed by atoms with Crippen LogP contribution in [-0.2, 0) is 11.3 Å².